The second-order valence-corrected chi connectivity index (χ2v) is 6.94. The van der Waals surface area contributed by atoms with Gasteiger partial charge in [-0.1, -0.05) is 20.8 Å². The Kier molecular flexibility index (Phi) is 5.67. The van der Waals surface area contributed by atoms with E-state index >= 15 is 0 Å². The largest absolute Gasteiger partial charge is 0.393 e. The number of aliphatic hydroxyl groups excluding tert-OH is 1. The van der Waals surface area contributed by atoms with Crippen molar-refractivity contribution in [3.63, 3.8) is 0 Å². The van der Waals surface area contributed by atoms with Crippen molar-refractivity contribution >= 4 is 0 Å². The maximum absolute atomic E-state index is 9.84. The predicted molar refractivity (Wildman–Crippen MR) is 80.2 cm³/mol. The van der Waals surface area contributed by atoms with Gasteiger partial charge in [-0.15, -0.1) is 0 Å². The number of rotatable bonds is 4. The van der Waals surface area contributed by atoms with Gasteiger partial charge in [0.1, 0.15) is 0 Å². The lowest BCUT2D eigenvalue weighted by Gasteiger charge is -2.41. The average Bonchev–Trinajstić information content (AvgIpc) is 2.37. The summed E-state index contributed by atoms with van der Waals surface area (Å²) in [4.78, 5) is 2.59. The monoisotopic (exact) mass is 268 g/mol. The Morgan fingerprint density at radius 2 is 2.00 bits per heavy atom. The Morgan fingerprint density at radius 1 is 1.21 bits per heavy atom. The number of nitrogens with zero attached hydrogens (tertiary/aromatic N) is 1. The van der Waals surface area contributed by atoms with Crippen LogP contribution in [0.3, 0.4) is 0 Å². The maximum Gasteiger partial charge on any atom is 0.0590 e. The van der Waals surface area contributed by atoms with E-state index < -0.39 is 0 Å². The standard InChI is InChI=1S/C16H32N2O/c1-4-17-15-6-5-12(2)9-14(15)11-18-8-7-16(19)13(3)10-18/h12-17,19H,4-11H2,1-3H3. The van der Waals surface area contributed by atoms with E-state index in [-0.39, 0.29) is 6.10 Å². The number of aliphatic hydroxyl groups is 1. The Hall–Kier alpha value is -0.120. The van der Waals surface area contributed by atoms with Gasteiger partial charge in [-0.3, -0.25) is 0 Å². The zero-order valence-corrected chi connectivity index (χ0v) is 12.9. The lowest BCUT2D eigenvalue weighted by Crippen LogP contribution is -2.49. The Morgan fingerprint density at radius 3 is 2.68 bits per heavy atom. The number of hydrogen-bond donors (Lipinski definition) is 2. The molecule has 2 N–H and O–H groups in total. The molecule has 3 nitrogen and oxygen atoms in total. The SMILES string of the molecule is CCNC1CCC(C)CC1CN1CCC(O)C(C)C1. The first-order chi connectivity index (χ1) is 9.10. The fraction of sp³-hybridized carbons (Fsp3) is 1.00. The quantitative estimate of drug-likeness (QED) is 0.820. The fourth-order valence-electron chi connectivity index (χ4n) is 3.95. The molecule has 5 atom stereocenters. The molecule has 2 rings (SSSR count). The number of nitrogens with one attached hydrogen (secondary N) is 1. The Labute approximate surface area is 118 Å². The molecule has 1 saturated heterocycles. The molecule has 2 aliphatic rings. The van der Waals surface area contributed by atoms with E-state index in [0.717, 1.165) is 37.9 Å². The van der Waals surface area contributed by atoms with E-state index in [1.807, 2.05) is 0 Å². The molecule has 112 valence electrons. The summed E-state index contributed by atoms with van der Waals surface area (Å²) in [7, 11) is 0. The minimum atomic E-state index is -0.0777. The van der Waals surface area contributed by atoms with Gasteiger partial charge in [-0.05, 0) is 50.0 Å². The molecule has 0 amide bonds. The Bertz CT molecular complexity index is 271. The molecular formula is C16H32N2O. The van der Waals surface area contributed by atoms with Crippen molar-refractivity contribution in [1.82, 2.24) is 10.2 Å². The smallest absolute Gasteiger partial charge is 0.0590 e. The zero-order chi connectivity index (χ0) is 13.8. The van der Waals surface area contributed by atoms with Crippen LogP contribution in [0.25, 0.3) is 0 Å². The van der Waals surface area contributed by atoms with Crippen molar-refractivity contribution in [3.8, 4) is 0 Å². The summed E-state index contributed by atoms with van der Waals surface area (Å²) in [5.74, 6) is 2.12. The first-order valence-corrected chi connectivity index (χ1v) is 8.24. The van der Waals surface area contributed by atoms with Gasteiger partial charge < -0.3 is 15.3 Å². The first-order valence-electron chi connectivity index (χ1n) is 8.24. The molecule has 1 heterocycles. The van der Waals surface area contributed by atoms with Gasteiger partial charge in [-0.25, -0.2) is 0 Å². The minimum absolute atomic E-state index is 0.0777. The highest BCUT2D eigenvalue weighted by atomic mass is 16.3. The third kappa shape index (κ3) is 4.17. The highest BCUT2D eigenvalue weighted by Gasteiger charge is 2.31. The van der Waals surface area contributed by atoms with Crippen molar-refractivity contribution < 1.29 is 5.11 Å². The van der Waals surface area contributed by atoms with E-state index in [9.17, 15) is 5.11 Å². The average molecular weight is 268 g/mol. The number of likely N-dealkylation sites (tertiary alicyclic amines) is 1. The van der Waals surface area contributed by atoms with Crippen LogP contribution in [0, 0.1) is 17.8 Å². The molecule has 0 aromatic carbocycles. The van der Waals surface area contributed by atoms with Crippen molar-refractivity contribution in [2.24, 2.45) is 17.8 Å². The molecule has 5 unspecified atom stereocenters. The topological polar surface area (TPSA) is 35.5 Å². The molecule has 3 heteroatoms. The normalized spacial score (nSPS) is 41.4. The molecule has 1 aliphatic carbocycles. The van der Waals surface area contributed by atoms with Crippen molar-refractivity contribution in [2.45, 2.75) is 58.6 Å². The third-order valence-electron chi connectivity index (χ3n) is 5.15. The zero-order valence-electron chi connectivity index (χ0n) is 12.9. The summed E-state index contributed by atoms with van der Waals surface area (Å²) in [5, 5.41) is 13.5. The lowest BCUT2D eigenvalue weighted by atomic mass is 9.78. The molecule has 0 spiro atoms. The molecule has 0 aromatic heterocycles. The Balaban J connectivity index is 1.87. The van der Waals surface area contributed by atoms with Gasteiger partial charge >= 0.3 is 0 Å². The minimum Gasteiger partial charge on any atom is -0.393 e. The number of hydrogen-bond acceptors (Lipinski definition) is 3. The van der Waals surface area contributed by atoms with Crippen LogP contribution >= 0.6 is 0 Å². The molecule has 0 aromatic rings. The highest BCUT2D eigenvalue weighted by molar-refractivity contribution is 4.87. The van der Waals surface area contributed by atoms with Gasteiger partial charge in [0.25, 0.3) is 0 Å². The third-order valence-corrected chi connectivity index (χ3v) is 5.15. The van der Waals surface area contributed by atoms with E-state index in [0.29, 0.717) is 12.0 Å². The van der Waals surface area contributed by atoms with Crippen LogP contribution in [0.4, 0.5) is 0 Å². The van der Waals surface area contributed by atoms with E-state index in [1.165, 1.54) is 25.8 Å². The molecule has 0 bridgehead atoms. The summed E-state index contributed by atoms with van der Waals surface area (Å²) in [6, 6.07) is 0.711. The summed E-state index contributed by atoms with van der Waals surface area (Å²) < 4.78 is 0. The van der Waals surface area contributed by atoms with Crippen molar-refractivity contribution in [1.29, 1.82) is 0 Å². The summed E-state index contributed by atoms with van der Waals surface area (Å²) in [6.45, 7) is 11.3. The van der Waals surface area contributed by atoms with Crippen LogP contribution in [0.2, 0.25) is 0 Å². The molecule has 1 saturated carbocycles. The summed E-state index contributed by atoms with van der Waals surface area (Å²) in [5.41, 5.74) is 0. The van der Waals surface area contributed by atoms with Crippen LogP contribution in [0.5, 0.6) is 0 Å². The second kappa shape index (κ2) is 7.05. The van der Waals surface area contributed by atoms with Crippen molar-refractivity contribution in [2.75, 3.05) is 26.2 Å². The molecule has 2 fully saturated rings. The molecular weight excluding hydrogens is 236 g/mol. The van der Waals surface area contributed by atoms with Gasteiger partial charge in [-0.2, -0.15) is 0 Å². The van der Waals surface area contributed by atoms with Crippen LogP contribution in [0.15, 0.2) is 0 Å². The van der Waals surface area contributed by atoms with Gasteiger partial charge in [0.05, 0.1) is 6.10 Å². The van der Waals surface area contributed by atoms with Crippen molar-refractivity contribution in [3.05, 3.63) is 0 Å². The lowest BCUT2D eigenvalue weighted by molar-refractivity contribution is 0.0216. The highest BCUT2D eigenvalue weighted by Crippen LogP contribution is 2.30. The van der Waals surface area contributed by atoms with Gasteiger partial charge in [0.2, 0.25) is 0 Å². The summed E-state index contributed by atoms with van der Waals surface area (Å²) >= 11 is 0. The van der Waals surface area contributed by atoms with Crippen LogP contribution in [0.1, 0.15) is 46.5 Å². The first kappa shape index (κ1) is 15.3. The van der Waals surface area contributed by atoms with Crippen LogP contribution in [-0.4, -0.2) is 48.3 Å². The van der Waals surface area contributed by atoms with Crippen LogP contribution in [-0.2, 0) is 0 Å². The van der Waals surface area contributed by atoms with Crippen LogP contribution < -0.4 is 5.32 Å². The molecule has 0 radical (unpaired) electrons. The van der Waals surface area contributed by atoms with E-state index in [4.69, 9.17) is 0 Å². The predicted octanol–water partition coefficient (Wildman–Crippen LogP) is 2.10. The summed E-state index contributed by atoms with van der Waals surface area (Å²) in [6.07, 6.45) is 4.96. The maximum atomic E-state index is 9.84. The van der Waals surface area contributed by atoms with E-state index in [1.54, 1.807) is 0 Å². The second-order valence-electron chi connectivity index (χ2n) is 6.94. The molecule has 1 aliphatic heterocycles. The number of piperidine rings is 1. The van der Waals surface area contributed by atoms with Gasteiger partial charge in [0.15, 0.2) is 0 Å². The van der Waals surface area contributed by atoms with Gasteiger partial charge in [0, 0.05) is 25.7 Å². The fourth-order valence-corrected chi connectivity index (χ4v) is 3.95. The van der Waals surface area contributed by atoms with E-state index in [2.05, 4.69) is 31.0 Å². The molecule has 19 heavy (non-hydrogen) atoms.